The summed E-state index contributed by atoms with van der Waals surface area (Å²) in [6.07, 6.45) is 0. The molecule has 0 N–H and O–H groups in total. The Morgan fingerprint density at radius 3 is 2.25 bits per heavy atom. The smallest absolute Gasteiger partial charge is 0.0206 e. The van der Waals surface area contributed by atoms with Crippen molar-refractivity contribution >= 4 is 39.8 Å². The van der Waals surface area contributed by atoms with Crippen molar-refractivity contribution in [2.45, 2.75) is 0 Å². The molecule has 0 fully saturated rings. The molecule has 2 unspecified atom stereocenters. The summed E-state index contributed by atoms with van der Waals surface area (Å²) in [6.45, 7) is 0. The summed E-state index contributed by atoms with van der Waals surface area (Å²) in [4.78, 5) is 0. The van der Waals surface area contributed by atoms with E-state index in [-0.39, 0.29) is 0 Å². The van der Waals surface area contributed by atoms with Gasteiger partial charge in [0, 0.05) is 4.17 Å². The highest BCUT2D eigenvalue weighted by Crippen LogP contribution is 2.21. The van der Waals surface area contributed by atoms with Crippen LogP contribution in [0.5, 0.6) is 0 Å². The van der Waals surface area contributed by atoms with Gasteiger partial charge in [-0.15, -0.1) is 8.93 Å². The molecule has 0 aromatic heterocycles. The summed E-state index contributed by atoms with van der Waals surface area (Å²) in [6, 6.07) is 0. The summed E-state index contributed by atoms with van der Waals surface area (Å²) in [7, 11) is 3.72. The molecular formula is CH5IP2. The van der Waals surface area contributed by atoms with Crippen LogP contribution in [0.15, 0.2) is 0 Å². The lowest BCUT2D eigenvalue weighted by molar-refractivity contribution is 2.43. The highest BCUT2D eigenvalue weighted by molar-refractivity contribution is 14.1. The number of rotatable bonds is 1. The van der Waals surface area contributed by atoms with Crippen LogP contribution in [0.3, 0.4) is 0 Å². The van der Waals surface area contributed by atoms with E-state index >= 15 is 0 Å². The van der Waals surface area contributed by atoms with Gasteiger partial charge < -0.3 is 0 Å². The lowest BCUT2D eigenvalue weighted by atomic mass is 11.9. The molecule has 0 aliphatic heterocycles. The van der Waals surface area contributed by atoms with Crippen LogP contribution in [0, 0.1) is 0 Å². The van der Waals surface area contributed by atoms with Crippen LogP contribution in [-0.2, 0) is 0 Å². The molecule has 0 rings (SSSR count). The zero-order valence-corrected chi connectivity index (χ0v) is 6.47. The highest BCUT2D eigenvalue weighted by Gasteiger charge is 1.57. The van der Waals surface area contributed by atoms with Crippen LogP contribution in [0.4, 0.5) is 0 Å². The average Bonchev–Trinajstić information content (AvgIpc) is 1.37. The van der Waals surface area contributed by atoms with Gasteiger partial charge in [-0.25, -0.2) is 0 Å². The lowest BCUT2D eigenvalue weighted by Gasteiger charge is -1.67. The minimum atomic E-state index is 1.04. The van der Waals surface area contributed by atoms with Crippen molar-refractivity contribution < 1.29 is 0 Å². The fourth-order valence-electron chi connectivity index (χ4n) is 0. The number of halogens is 1. The molecule has 3 heteroatoms. The molecule has 0 amide bonds. The van der Waals surface area contributed by atoms with Gasteiger partial charge in [0.2, 0.25) is 0 Å². The second-order valence-corrected chi connectivity index (χ2v) is 4.53. The summed E-state index contributed by atoms with van der Waals surface area (Å²) in [5.74, 6) is 0. The molecule has 0 heterocycles. The first kappa shape index (κ1) is 5.59. The van der Waals surface area contributed by atoms with Gasteiger partial charge in [0.15, 0.2) is 0 Å². The summed E-state index contributed by atoms with van der Waals surface area (Å²) >= 11 is 2.34. The summed E-state index contributed by atoms with van der Waals surface area (Å²) in [5, 5.41) is 0. The van der Waals surface area contributed by atoms with Crippen LogP contribution < -0.4 is 0 Å². The summed E-state index contributed by atoms with van der Waals surface area (Å²) in [5.41, 5.74) is 0. The van der Waals surface area contributed by atoms with Crippen molar-refractivity contribution in [3.05, 3.63) is 0 Å². The predicted molar refractivity (Wildman–Crippen MR) is 36.9 cm³/mol. The Kier molecular flexibility index (Phi) is 6.41. The molecule has 0 aliphatic carbocycles. The molecule has 2 atom stereocenters. The zero-order chi connectivity index (χ0) is 3.41. The highest BCUT2D eigenvalue weighted by atomic mass is 127. The standard InChI is InChI=1S/CH5IP2/c2-1-4-3/h4H,1,3H2. The third-order valence-electron chi connectivity index (χ3n) is 0.0772. The predicted octanol–water partition coefficient (Wildman–Crippen LogP) is 1.85. The topological polar surface area (TPSA) is 0 Å². The van der Waals surface area contributed by atoms with Crippen LogP contribution in [0.1, 0.15) is 0 Å². The monoisotopic (exact) mass is 206 g/mol. The molecule has 0 saturated carbocycles. The Balaban J connectivity index is 1.97. The number of hydrogen-bond acceptors (Lipinski definition) is 0. The van der Waals surface area contributed by atoms with Gasteiger partial charge in [-0.3, -0.25) is 0 Å². The van der Waals surface area contributed by atoms with E-state index in [1.807, 2.05) is 0 Å². The van der Waals surface area contributed by atoms with Crippen LogP contribution in [-0.4, -0.2) is 4.17 Å². The van der Waals surface area contributed by atoms with Crippen molar-refractivity contribution in [2.24, 2.45) is 0 Å². The molecule has 4 heavy (non-hydrogen) atoms. The van der Waals surface area contributed by atoms with Crippen molar-refractivity contribution in [3.63, 3.8) is 0 Å². The molecule has 0 aromatic rings. The second kappa shape index (κ2) is 4.59. The largest absolute Gasteiger partial charge is 0.114 e. The average molecular weight is 206 g/mol. The fourth-order valence-corrected chi connectivity index (χ4v) is 0. The van der Waals surface area contributed by atoms with Gasteiger partial charge >= 0.3 is 0 Å². The third-order valence-corrected chi connectivity index (χ3v) is 4.66. The molecule has 0 aliphatic rings. The van der Waals surface area contributed by atoms with Crippen LogP contribution >= 0.6 is 39.8 Å². The Morgan fingerprint density at radius 1 is 2.00 bits per heavy atom. The van der Waals surface area contributed by atoms with Crippen molar-refractivity contribution in [1.29, 1.82) is 0 Å². The molecule has 0 bridgehead atoms. The minimum Gasteiger partial charge on any atom is -0.114 e. The maximum absolute atomic E-state index is 2.68. The molecular weight excluding hydrogens is 201 g/mol. The summed E-state index contributed by atoms with van der Waals surface area (Å²) < 4.78 is 1.28. The Labute approximate surface area is 44.1 Å². The molecule has 0 saturated heterocycles. The van der Waals surface area contributed by atoms with Gasteiger partial charge in [0.1, 0.15) is 0 Å². The van der Waals surface area contributed by atoms with Gasteiger partial charge in [0.05, 0.1) is 0 Å². The molecule has 0 nitrogen and oxygen atoms in total. The minimum absolute atomic E-state index is 1.04. The van der Waals surface area contributed by atoms with Crippen LogP contribution in [0.25, 0.3) is 0 Å². The van der Waals surface area contributed by atoms with E-state index in [9.17, 15) is 0 Å². The second-order valence-electron chi connectivity index (χ2n) is 0.338. The fraction of sp³-hybridized carbons (Fsp3) is 1.00. The Bertz CT molecular complexity index is 8.00. The van der Waals surface area contributed by atoms with E-state index in [1.165, 1.54) is 4.17 Å². The van der Waals surface area contributed by atoms with Crippen molar-refractivity contribution in [3.8, 4) is 0 Å². The maximum Gasteiger partial charge on any atom is 0.0206 e. The first-order chi connectivity index (χ1) is 1.91. The Hall–Kier alpha value is 1.59. The SMILES string of the molecule is PPCI. The number of alkyl halides is 1. The molecule has 0 aromatic carbocycles. The van der Waals surface area contributed by atoms with Crippen molar-refractivity contribution in [2.75, 3.05) is 4.17 Å². The van der Waals surface area contributed by atoms with Crippen molar-refractivity contribution in [1.82, 2.24) is 0 Å². The van der Waals surface area contributed by atoms with E-state index in [0.29, 0.717) is 0 Å². The molecule has 0 radical (unpaired) electrons. The molecule has 26 valence electrons. The van der Waals surface area contributed by atoms with E-state index in [2.05, 4.69) is 31.5 Å². The van der Waals surface area contributed by atoms with Gasteiger partial charge in [-0.05, 0) is 0 Å². The van der Waals surface area contributed by atoms with E-state index < -0.39 is 0 Å². The zero-order valence-electron chi connectivity index (χ0n) is 2.16. The first-order valence-electron chi connectivity index (χ1n) is 0.909. The van der Waals surface area contributed by atoms with Gasteiger partial charge in [-0.1, -0.05) is 30.9 Å². The van der Waals surface area contributed by atoms with E-state index in [4.69, 9.17) is 0 Å². The first-order valence-corrected chi connectivity index (χ1v) is 5.45. The maximum atomic E-state index is 2.68. The third kappa shape index (κ3) is 3.59. The van der Waals surface area contributed by atoms with E-state index in [0.717, 1.165) is 8.27 Å². The van der Waals surface area contributed by atoms with Crippen LogP contribution in [0.2, 0.25) is 0 Å². The van der Waals surface area contributed by atoms with Gasteiger partial charge in [-0.2, -0.15) is 0 Å². The number of hydrogen-bond donors (Lipinski definition) is 0. The molecule has 0 spiro atoms. The lowest BCUT2D eigenvalue weighted by Crippen LogP contribution is -1.27. The van der Waals surface area contributed by atoms with E-state index in [1.54, 1.807) is 0 Å². The normalized spacial score (nSPS) is 10.5. The van der Waals surface area contributed by atoms with Gasteiger partial charge in [0.25, 0.3) is 0 Å². The quantitative estimate of drug-likeness (QED) is 0.348. The Morgan fingerprint density at radius 2 is 2.25 bits per heavy atom.